The first-order chi connectivity index (χ1) is 17.0. The summed E-state index contributed by atoms with van der Waals surface area (Å²) in [6.45, 7) is 0.712. The Morgan fingerprint density at radius 1 is 1.19 bits per heavy atom. The van der Waals surface area contributed by atoms with Gasteiger partial charge in [0, 0.05) is 28.9 Å². The molecule has 3 N–H and O–H groups in total. The Hall–Kier alpha value is -2.92. The van der Waals surface area contributed by atoms with E-state index in [9.17, 15) is 18.3 Å². The summed E-state index contributed by atoms with van der Waals surface area (Å²) in [5, 5.41) is 15.2. The van der Waals surface area contributed by atoms with Gasteiger partial charge in [-0.1, -0.05) is 0 Å². The quantitative estimate of drug-likeness (QED) is 0.544. The van der Waals surface area contributed by atoms with E-state index in [-0.39, 0.29) is 42.1 Å². The molecule has 1 aliphatic carbocycles. The molecule has 5 rings (SSSR count). The van der Waals surface area contributed by atoms with Gasteiger partial charge in [0.1, 0.15) is 17.0 Å². The fourth-order valence-electron chi connectivity index (χ4n) is 3.76. The molecule has 0 bridgehead atoms. The molecule has 1 saturated carbocycles. The molecule has 0 amide bonds. The Bertz CT molecular complexity index is 1290. The average molecular weight is 452 g/mol. The largest absolute Gasteiger partial charge is 0.393 e. The van der Waals surface area contributed by atoms with E-state index in [1.807, 2.05) is 0 Å². The fourth-order valence-corrected chi connectivity index (χ4v) is 3.76. The van der Waals surface area contributed by atoms with E-state index in [1.165, 1.54) is 6.20 Å². The Kier molecular flexibility index (Phi) is 4.45. The van der Waals surface area contributed by atoms with Gasteiger partial charge in [-0.25, -0.2) is 23.1 Å². The van der Waals surface area contributed by atoms with Crippen LogP contribution in [0.1, 0.15) is 43.6 Å². The van der Waals surface area contributed by atoms with Gasteiger partial charge in [0.2, 0.25) is 11.9 Å². The van der Waals surface area contributed by atoms with Gasteiger partial charge in [-0.05, 0) is 32.0 Å². The maximum atomic E-state index is 14.3. The molecule has 4 atom stereocenters. The first kappa shape index (κ1) is 16.7. The monoisotopic (exact) mass is 452 g/mol. The van der Waals surface area contributed by atoms with Crippen LogP contribution < -0.4 is 10.6 Å². The standard InChI is InChI=1S/C21H23F3N6O2/c22-11-7-15(23)18(16(24)8-11)28-21-27-17-9-25-20(26-12-1-3-14(31)4-2-12)29-19(17)30(21)13-5-6-32-10-13/h7-9,12-14,31H,1-6,10H2,(H,27,28)(H,25,26,29)/i1D,4D2,12D. The number of benzene rings is 1. The number of hydrogen-bond donors (Lipinski definition) is 3. The number of nitrogens with one attached hydrogen (secondary N) is 2. The van der Waals surface area contributed by atoms with Crippen LogP contribution in [-0.4, -0.2) is 50.0 Å². The zero-order chi connectivity index (χ0) is 25.8. The highest BCUT2D eigenvalue weighted by Crippen LogP contribution is 2.32. The van der Waals surface area contributed by atoms with Crippen molar-refractivity contribution in [3.8, 4) is 0 Å². The predicted molar refractivity (Wildman–Crippen MR) is 111 cm³/mol. The van der Waals surface area contributed by atoms with Crippen molar-refractivity contribution in [2.45, 2.75) is 50.2 Å². The van der Waals surface area contributed by atoms with Gasteiger partial charge < -0.3 is 20.5 Å². The maximum Gasteiger partial charge on any atom is 0.224 e. The number of imidazole rings is 1. The number of aliphatic hydroxyl groups is 1. The number of nitrogens with zero attached hydrogens (tertiary/aromatic N) is 4. The van der Waals surface area contributed by atoms with Crippen LogP contribution in [0.3, 0.4) is 0 Å². The lowest BCUT2D eigenvalue weighted by molar-refractivity contribution is 0.126. The molecule has 3 heterocycles. The van der Waals surface area contributed by atoms with Gasteiger partial charge in [-0.15, -0.1) is 0 Å². The minimum absolute atomic E-state index is 0.0208. The summed E-state index contributed by atoms with van der Waals surface area (Å²) in [6.07, 6.45) is -3.45. The van der Waals surface area contributed by atoms with Crippen molar-refractivity contribution in [3.63, 3.8) is 0 Å². The molecule has 2 aromatic heterocycles. The molecule has 170 valence electrons. The van der Waals surface area contributed by atoms with Crippen LogP contribution in [0, 0.1) is 17.5 Å². The molecular formula is C21H23F3N6O2. The second-order valence-electron chi connectivity index (χ2n) is 7.58. The minimum Gasteiger partial charge on any atom is -0.393 e. The van der Waals surface area contributed by atoms with Gasteiger partial charge in [0.15, 0.2) is 17.3 Å². The van der Waals surface area contributed by atoms with E-state index in [4.69, 9.17) is 10.2 Å². The van der Waals surface area contributed by atoms with Gasteiger partial charge in [0.25, 0.3) is 0 Å². The third-order valence-electron chi connectivity index (χ3n) is 5.34. The molecule has 32 heavy (non-hydrogen) atoms. The van der Waals surface area contributed by atoms with E-state index < -0.39 is 54.5 Å². The smallest absolute Gasteiger partial charge is 0.224 e. The first-order valence-corrected chi connectivity index (χ1v) is 10.1. The molecule has 8 nitrogen and oxygen atoms in total. The van der Waals surface area contributed by atoms with Gasteiger partial charge in [-0.2, -0.15) is 4.98 Å². The molecule has 3 aromatic rings. The van der Waals surface area contributed by atoms with Crippen LogP contribution in [0.5, 0.6) is 0 Å². The third kappa shape index (κ3) is 4.09. The number of hydrogen-bond acceptors (Lipinski definition) is 7. The van der Waals surface area contributed by atoms with Crippen LogP contribution in [0.4, 0.5) is 30.8 Å². The van der Waals surface area contributed by atoms with Crippen molar-refractivity contribution in [3.05, 3.63) is 35.8 Å². The minimum atomic E-state index is -2.08. The lowest BCUT2D eigenvalue weighted by Gasteiger charge is -2.26. The van der Waals surface area contributed by atoms with Crippen molar-refractivity contribution in [2.24, 2.45) is 0 Å². The Balaban J connectivity index is 1.54. The van der Waals surface area contributed by atoms with Crippen LogP contribution in [0.25, 0.3) is 11.2 Å². The number of rotatable bonds is 5. The highest BCUT2D eigenvalue weighted by Gasteiger charge is 2.27. The highest BCUT2D eigenvalue weighted by atomic mass is 19.1. The number of halogens is 3. The summed E-state index contributed by atoms with van der Waals surface area (Å²) in [5.41, 5.74) is -0.0884. The second kappa shape index (κ2) is 8.55. The van der Waals surface area contributed by atoms with Gasteiger partial charge in [0.05, 0.1) is 26.3 Å². The van der Waals surface area contributed by atoms with Gasteiger partial charge in [-0.3, -0.25) is 4.57 Å². The summed E-state index contributed by atoms with van der Waals surface area (Å²) < 4.78 is 81.9. The zero-order valence-electron chi connectivity index (χ0n) is 20.8. The van der Waals surface area contributed by atoms with E-state index in [0.717, 1.165) is 0 Å². The molecule has 0 radical (unpaired) electrons. The number of aromatic nitrogens is 4. The summed E-state index contributed by atoms with van der Waals surface area (Å²) >= 11 is 0. The van der Waals surface area contributed by atoms with Crippen molar-refractivity contribution in [2.75, 3.05) is 23.8 Å². The average Bonchev–Trinajstić information content (AvgIpc) is 3.42. The summed E-state index contributed by atoms with van der Waals surface area (Å²) in [7, 11) is 0. The van der Waals surface area contributed by atoms with Crippen molar-refractivity contribution in [1.29, 1.82) is 0 Å². The van der Waals surface area contributed by atoms with Crippen LogP contribution in [0.2, 0.25) is 0 Å². The second-order valence-corrected chi connectivity index (χ2v) is 7.58. The van der Waals surface area contributed by atoms with Crippen LogP contribution in [0.15, 0.2) is 18.3 Å². The normalized spacial score (nSPS) is 31.6. The fraction of sp³-hybridized carbons (Fsp3) is 0.476. The van der Waals surface area contributed by atoms with E-state index in [2.05, 4.69) is 25.6 Å². The molecule has 2 fully saturated rings. The van der Waals surface area contributed by atoms with Crippen molar-refractivity contribution < 1.29 is 28.5 Å². The number of fused-ring (bicyclic) bond motifs is 1. The zero-order valence-corrected chi connectivity index (χ0v) is 16.8. The predicted octanol–water partition coefficient (Wildman–Crippen LogP) is 3.66. The Labute approximate surface area is 187 Å². The Morgan fingerprint density at radius 2 is 2.00 bits per heavy atom. The van der Waals surface area contributed by atoms with E-state index in [0.29, 0.717) is 25.2 Å². The topological polar surface area (TPSA) is 97.1 Å². The number of anilines is 3. The maximum absolute atomic E-state index is 14.3. The molecule has 1 aromatic carbocycles. The molecule has 0 spiro atoms. The SMILES string of the molecule is [2H]C1CC(O)C([2H])([2H])CC1([2H])Nc1ncc2nc(Nc3c(F)cc(F)cc3F)n(C3CCOC3)c2n1. The molecule has 4 unspecified atom stereocenters. The highest BCUT2D eigenvalue weighted by molar-refractivity contribution is 5.76. The molecular weight excluding hydrogens is 425 g/mol. The van der Waals surface area contributed by atoms with E-state index in [1.54, 1.807) is 4.57 Å². The van der Waals surface area contributed by atoms with Crippen molar-refractivity contribution in [1.82, 2.24) is 19.5 Å². The molecule has 1 aliphatic heterocycles. The van der Waals surface area contributed by atoms with Crippen LogP contribution in [-0.2, 0) is 4.74 Å². The number of aliphatic hydroxyl groups excluding tert-OH is 1. The van der Waals surface area contributed by atoms with Gasteiger partial charge >= 0.3 is 0 Å². The summed E-state index contributed by atoms with van der Waals surface area (Å²) in [4.78, 5) is 12.9. The van der Waals surface area contributed by atoms with Crippen LogP contribution >= 0.6 is 0 Å². The number of ether oxygens (including phenoxy) is 1. The first-order valence-electron chi connectivity index (χ1n) is 12.2. The molecule has 1 saturated heterocycles. The summed E-state index contributed by atoms with van der Waals surface area (Å²) in [5.74, 6) is -3.41. The van der Waals surface area contributed by atoms with E-state index >= 15 is 0 Å². The third-order valence-corrected chi connectivity index (χ3v) is 5.34. The summed E-state index contributed by atoms with van der Waals surface area (Å²) in [6, 6.07) is -1.04. The Morgan fingerprint density at radius 3 is 2.75 bits per heavy atom. The molecule has 11 heteroatoms. The van der Waals surface area contributed by atoms with Crippen molar-refractivity contribution >= 4 is 28.7 Å². The lowest BCUT2D eigenvalue weighted by Crippen LogP contribution is -2.29. The molecule has 2 aliphatic rings. The lowest BCUT2D eigenvalue weighted by atomic mass is 9.93.